The van der Waals surface area contributed by atoms with Gasteiger partial charge in [-0.15, -0.1) is 0 Å². The van der Waals surface area contributed by atoms with Gasteiger partial charge >= 0.3 is 6.18 Å². The van der Waals surface area contributed by atoms with Crippen LogP contribution in [0.15, 0.2) is 48.5 Å². The van der Waals surface area contributed by atoms with Crippen LogP contribution < -0.4 is 5.32 Å². The van der Waals surface area contributed by atoms with Gasteiger partial charge in [0.05, 0.1) is 5.56 Å². The number of piperidine rings is 1. The third kappa shape index (κ3) is 7.50. The monoisotopic (exact) mass is 592 g/mol. The molecular formula is C32H41F5N4O. The maximum Gasteiger partial charge on any atom is 0.416 e. The number of nitrogens with one attached hydrogen (secondary N) is 1. The summed E-state index contributed by atoms with van der Waals surface area (Å²) in [5.41, 5.74) is -1.36. The Morgan fingerprint density at radius 3 is 2.17 bits per heavy atom. The van der Waals surface area contributed by atoms with Gasteiger partial charge in [0.15, 0.2) is 0 Å². The number of alkyl halides is 5. The number of carbonyl (C=O) groups excluding carboxylic acids is 1. The number of rotatable bonds is 6. The van der Waals surface area contributed by atoms with Gasteiger partial charge in [0.2, 0.25) is 0 Å². The van der Waals surface area contributed by atoms with Crippen molar-refractivity contribution in [2.45, 2.75) is 75.7 Å². The highest BCUT2D eigenvalue weighted by molar-refractivity contribution is 5.95. The summed E-state index contributed by atoms with van der Waals surface area (Å²) < 4.78 is 69.3. The van der Waals surface area contributed by atoms with Gasteiger partial charge in [0.1, 0.15) is 0 Å². The molecule has 0 aliphatic carbocycles. The van der Waals surface area contributed by atoms with Gasteiger partial charge in [-0.3, -0.25) is 14.6 Å². The summed E-state index contributed by atoms with van der Waals surface area (Å²) in [7, 11) is 0. The molecule has 1 N–H and O–H groups in total. The van der Waals surface area contributed by atoms with Gasteiger partial charge in [0, 0.05) is 68.9 Å². The molecular weight excluding hydrogens is 551 g/mol. The van der Waals surface area contributed by atoms with Crippen molar-refractivity contribution in [1.82, 2.24) is 20.0 Å². The Bertz CT molecular complexity index is 1150. The highest BCUT2D eigenvalue weighted by Gasteiger charge is 2.39. The SMILES string of the molecule is CC(F)(F)c1cc(C(=O)N2CCC(N3CCN(C4CCCNCC4)CC3)CC2Cc2ccccc2)cc(C(F)(F)F)c1. The van der Waals surface area contributed by atoms with E-state index < -0.39 is 29.1 Å². The first-order valence-electron chi connectivity index (χ1n) is 15.1. The second-order valence-corrected chi connectivity index (χ2v) is 12.1. The molecule has 3 fully saturated rings. The van der Waals surface area contributed by atoms with E-state index in [-0.39, 0.29) is 17.6 Å². The van der Waals surface area contributed by atoms with Crippen LogP contribution in [0.1, 0.15) is 66.1 Å². The minimum Gasteiger partial charge on any atom is -0.335 e. The molecule has 3 atom stereocenters. The van der Waals surface area contributed by atoms with Crippen LogP contribution in [0.4, 0.5) is 22.0 Å². The number of nitrogens with zero attached hydrogens (tertiary/aromatic N) is 3. The van der Waals surface area contributed by atoms with E-state index in [1.54, 1.807) is 4.90 Å². The molecule has 3 saturated heterocycles. The molecule has 0 spiro atoms. The maximum absolute atomic E-state index is 14.2. The number of carbonyl (C=O) groups is 1. The molecule has 42 heavy (non-hydrogen) atoms. The lowest BCUT2D eigenvalue weighted by Gasteiger charge is -2.47. The smallest absolute Gasteiger partial charge is 0.335 e. The third-order valence-electron chi connectivity index (χ3n) is 9.20. The van der Waals surface area contributed by atoms with Gasteiger partial charge in [0.25, 0.3) is 11.8 Å². The minimum absolute atomic E-state index is 0.248. The molecule has 230 valence electrons. The Kier molecular flexibility index (Phi) is 9.54. The van der Waals surface area contributed by atoms with Crippen molar-refractivity contribution in [3.8, 4) is 0 Å². The zero-order valence-electron chi connectivity index (χ0n) is 24.2. The number of likely N-dealkylation sites (tertiary alicyclic amines) is 1. The largest absolute Gasteiger partial charge is 0.416 e. The Hall–Kier alpha value is -2.56. The van der Waals surface area contributed by atoms with Gasteiger partial charge in [-0.2, -0.15) is 13.2 Å². The van der Waals surface area contributed by atoms with Crippen molar-refractivity contribution in [1.29, 1.82) is 0 Å². The molecule has 3 heterocycles. The molecule has 2 aromatic carbocycles. The maximum atomic E-state index is 14.2. The fourth-order valence-electron chi connectivity index (χ4n) is 6.88. The second kappa shape index (κ2) is 13.0. The fourth-order valence-corrected chi connectivity index (χ4v) is 6.88. The first kappa shape index (κ1) is 30.9. The van der Waals surface area contributed by atoms with Crippen LogP contribution in [0.5, 0.6) is 0 Å². The highest BCUT2D eigenvalue weighted by Crippen LogP contribution is 2.36. The second-order valence-electron chi connectivity index (χ2n) is 12.1. The summed E-state index contributed by atoms with van der Waals surface area (Å²) in [5.74, 6) is -4.14. The van der Waals surface area contributed by atoms with E-state index in [0.717, 1.165) is 50.9 Å². The zero-order valence-corrected chi connectivity index (χ0v) is 24.2. The number of benzene rings is 2. The van der Waals surface area contributed by atoms with Crippen molar-refractivity contribution < 1.29 is 26.7 Å². The van der Waals surface area contributed by atoms with E-state index in [1.807, 2.05) is 30.3 Å². The summed E-state index contributed by atoms with van der Waals surface area (Å²) in [6.45, 7) is 6.96. The molecule has 1 amide bonds. The predicted octanol–water partition coefficient (Wildman–Crippen LogP) is 5.79. The first-order chi connectivity index (χ1) is 20.0. The molecule has 2 aromatic rings. The van der Waals surface area contributed by atoms with Gasteiger partial charge in [-0.1, -0.05) is 30.3 Å². The topological polar surface area (TPSA) is 38.8 Å². The van der Waals surface area contributed by atoms with E-state index in [4.69, 9.17) is 0 Å². The number of hydrogen-bond acceptors (Lipinski definition) is 4. The lowest BCUT2D eigenvalue weighted by Crippen LogP contribution is -2.57. The van der Waals surface area contributed by atoms with Gasteiger partial charge in [-0.25, -0.2) is 8.78 Å². The Morgan fingerprint density at radius 1 is 0.833 bits per heavy atom. The fraction of sp³-hybridized carbons (Fsp3) is 0.594. The standard InChI is InChI=1S/C32H41F5N4O/c1-31(33,34)25-19-24(20-26(21-25)32(35,36)37)30(42)41-13-10-28(22-29(41)18-23-6-3-2-4-7-23)40-16-14-39(15-17-40)27-8-5-11-38-12-9-27/h2-4,6-7,19-21,27-29,38H,5,8-18,22H2,1H3. The van der Waals surface area contributed by atoms with Crippen LogP contribution in [-0.2, 0) is 18.5 Å². The molecule has 0 aromatic heterocycles. The molecule has 0 bridgehead atoms. The minimum atomic E-state index is -4.85. The van der Waals surface area contributed by atoms with Crippen molar-refractivity contribution in [2.24, 2.45) is 0 Å². The molecule has 10 heteroatoms. The molecule has 0 radical (unpaired) electrons. The van der Waals surface area contributed by atoms with Crippen molar-refractivity contribution in [2.75, 3.05) is 45.8 Å². The summed E-state index contributed by atoms with van der Waals surface area (Å²) in [5, 5.41) is 3.49. The molecule has 3 unspecified atom stereocenters. The summed E-state index contributed by atoms with van der Waals surface area (Å²) in [4.78, 5) is 20.5. The van der Waals surface area contributed by atoms with E-state index in [9.17, 15) is 26.7 Å². The van der Waals surface area contributed by atoms with E-state index >= 15 is 0 Å². The number of piperazine rings is 1. The summed E-state index contributed by atoms with van der Waals surface area (Å²) >= 11 is 0. The third-order valence-corrected chi connectivity index (χ3v) is 9.20. The lowest BCUT2D eigenvalue weighted by molar-refractivity contribution is -0.137. The van der Waals surface area contributed by atoms with Crippen LogP contribution in [0.25, 0.3) is 0 Å². The van der Waals surface area contributed by atoms with Crippen molar-refractivity contribution in [3.63, 3.8) is 0 Å². The van der Waals surface area contributed by atoms with E-state index in [1.165, 1.54) is 19.3 Å². The number of halogens is 5. The summed E-state index contributed by atoms with van der Waals surface area (Å²) in [6.07, 6.45) is 0.663. The van der Waals surface area contributed by atoms with Gasteiger partial charge < -0.3 is 10.2 Å². The molecule has 5 rings (SSSR count). The molecule has 0 saturated carbocycles. The normalized spacial score (nSPS) is 25.3. The van der Waals surface area contributed by atoms with Crippen LogP contribution in [-0.4, -0.2) is 84.5 Å². The number of hydrogen-bond donors (Lipinski definition) is 1. The average Bonchev–Trinajstić information content (AvgIpc) is 3.26. The van der Waals surface area contributed by atoms with Gasteiger partial charge in [-0.05, 0) is 75.4 Å². The van der Waals surface area contributed by atoms with Crippen LogP contribution in [0.2, 0.25) is 0 Å². The van der Waals surface area contributed by atoms with Crippen molar-refractivity contribution in [3.05, 3.63) is 70.8 Å². The lowest BCUT2D eigenvalue weighted by atomic mass is 9.89. The van der Waals surface area contributed by atoms with E-state index in [2.05, 4.69) is 15.1 Å². The molecule has 5 nitrogen and oxygen atoms in total. The van der Waals surface area contributed by atoms with Crippen molar-refractivity contribution >= 4 is 5.91 Å². The average molecular weight is 593 g/mol. The molecule has 3 aliphatic rings. The Balaban J connectivity index is 1.34. The highest BCUT2D eigenvalue weighted by atomic mass is 19.4. The van der Waals surface area contributed by atoms with E-state index in [0.29, 0.717) is 50.9 Å². The molecule has 3 aliphatic heterocycles. The van der Waals surface area contributed by atoms with Crippen LogP contribution in [0, 0.1) is 0 Å². The summed E-state index contributed by atoms with van der Waals surface area (Å²) in [6, 6.07) is 12.4. The Morgan fingerprint density at radius 2 is 1.50 bits per heavy atom. The first-order valence-corrected chi connectivity index (χ1v) is 15.1. The Labute approximate surface area is 245 Å². The number of amides is 1. The van der Waals surface area contributed by atoms with Crippen LogP contribution in [0.3, 0.4) is 0 Å². The zero-order chi connectivity index (χ0) is 29.9. The quantitative estimate of drug-likeness (QED) is 0.431. The predicted molar refractivity (Wildman–Crippen MR) is 153 cm³/mol. The van der Waals surface area contributed by atoms with Crippen LogP contribution >= 0.6 is 0 Å².